The molecule has 0 radical (unpaired) electrons. The highest BCUT2D eigenvalue weighted by molar-refractivity contribution is 5.28. The van der Waals surface area contributed by atoms with Crippen molar-refractivity contribution in [2.24, 2.45) is 0 Å². The molecule has 3 heteroatoms. The van der Waals surface area contributed by atoms with Gasteiger partial charge in [-0.3, -0.25) is 0 Å². The zero-order chi connectivity index (χ0) is 12.8. The SMILES string of the molecule is CNCc1ccc(OCc2ccc(C)cc2)cc1.[Cl-]. The average molecular weight is 277 g/mol. The van der Waals surface area contributed by atoms with Gasteiger partial charge in [-0.05, 0) is 37.2 Å². The summed E-state index contributed by atoms with van der Waals surface area (Å²) < 4.78 is 5.74. The first-order valence-electron chi connectivity index (χ1n) is 6.20. The topological polar surface area (TPSA) is 21.3 Å². The first-order chi connectivity index (χ1) is 8.78. The van der Waals surface area contributed by atoms with Gasteiger partial charge in [0.25, 0.3) is 0 Å². The third-order valence-electron chi connectivity index (χ3n) is 2.83. The minimum absolute atomic E-state index is 0. The third kappa shape index (κ3) is 4.93. The second-order valence-corrected chi connectivity index (χ2v) is 4.45. The van der Waals surface area contributed by atoms with Crippen LogP contribution in [-0.2, 0) is 13.2 Å². The molecule has 2 aromatic carbocycles. The lowest BCUT2D eigenvalue weighted by atomic mass is 10.2. The Balaban J connectivity index is 0.00000180. The van der Waals surface area contributed by atoms with Gasteiger partial charge in [0, 0.05) is 6.54 Å². The molecule has 0 aromatic heterocycles. The van der Waals surface area contributed by atoms with Crippen molar-refractivity contribution in [3.05, 3.63) is 65.2 Å². The van der Waals surface area contributed by atoms with Gasteiger partial charge in [-0.2, -0.15) is 0 Å². The van der Waals surface area contributed by atoms with Gasteiger partial charge in [-0.25, -0.2) is 0 Å². The van der Waals surface area contributed by atoms with Gasteiger partial charge in [0.2, 0.25) is 0 Å². The number of hydrogen-bond donors (Lipinski definition) is 1. The smallest absolute Gasteiger partial charge is 0.119 e. The second kappa shape index (κ2) is 7.82. The summed E-state index contributed by atoms with van der Waals surface area (Å²) >= 11 is 0. The van der Waals surface area contributed by atoms with E-state index in [4.69, 9.17) is 4.74 Å². The van der Waals surface area contributed by atoms with Crippen LogP contribution in [0.2, 0.25) is 0 Å². The molecule has 0 bridgehead atoms. The molecule has 0 fully saturated rings. The van der Waals surface area contributed by atoms with Crippen LogP contribution in [0.5, 0.6) is 5.75 Å². The van der Waals surface area contributed by atoms with E-state index in [-0.39, 0.29) is 12.4 Å². The van der Waals surface area contributed by atoms with Crippen molar-refractivity contribution in [1.29, 1.82) is 0 Å². The zero-order valence-corrected chi connectivity index (χ0v) is 12.1. The lowest BCUT2D eigenvalue weighted by molar-refractivity contribution is -0.00000416. The van der Waals surface area contributed by atoms with Crippen LogP contribution in [0, 0.1) is 6.92 Å². The fourth-order valence-electron chi connectivity index (χ4n) is 1.76. The third-order valence-corrected chi connectivity index (χ3v) is 2.83. The Morgan fingerprint density at radius 3 is 2.05 bits per heavy atom. The highest BCUT2D eigenvalue weighted by Crippen LogP contribution is 2.14. The fraction of sp³-hybridized carbons (Fsp3) is 0.250. The summed E-state index contributed by atoms with van der Waals surface area (Å²) in [5.74, 6) is 0.912. The van der Waals surface area contributed by atoms with Crippen molar-refractivity contribution in [1.82, 2.24) is 5.32 Å². The van der Waals surface area contributed by atoms with Gasteiger partial charge >= 0.3 is 0 Å². The van der Waals surface area contributed by atoms with Gasteiger partial charge in [-0.1, -0.05) is 42.0 Å². The summed E-state index contributed by atoms with van der Waals surface area (Å²) in [4.78, 5) is 0. The Morgan fingerprint density at radius 1 is 0.895 bits per heavy atom. The number of halogens is 1. The first-order valence-corrected chi connectivity index (χ1v) is 6.20. The van der Waals surface area contributed by atoms with Gasteiger partial charge in [0.05, 0.1) is 0 Å². The molecular weight excluding hydrogens is 258 g/mol. The molecule has 1 N–H and O–H groups in total. The molecule has 0 spiro atoms. The molecule has 102 valence electrons. The van der Waals surface area contributed by atoms with Crippen molar-refractivity contribution in [2.45, 2.75) is 20.1 Å². The molecule has 0 aliphatic rings. The normalized spacial score (nSPS) is 9.79. The van der Waals surface area contributed by atoms with Crippen LogP contribution >= 0.6 is 0 Å². The van der Waals surface area contributed by atoms with Crippen LogP contribution in [-0.4, -0.2) is 7.05 Å². The predicted molar refractivity (Wildman–Crippen MR) is 74.7 cm³/mol. The summed E-state index contributed by atoms with van der Waals surface area (Å²) in [7, 11) is 1.95. The molecule has 0 saturated carbocycles. The lowest BCUT2D eigenvalue weighted by Gasteiger charge is -2.07. The Labute approximate surface area is 121 Å². The minimum atomic E-state index is 0. The summed E-state index contributed by atoms with van der Waals surface area (Å²) in [5, 5.41) is 3.13. The van der Waals surface area contributed by atoms with E-state index in [1.807, 2.05) is 19.2 Å². The molecule has 0 heterocycles. The molecule has 0 atom stereocenters. The number of ether oxygens (including phenoxy) is 1. The van der Waals surface area contributed by atoms with Crippen molar-refractivity contribution >= 4 is 0 Å². The molecule has 0 saturated heterocycles. The minimum Gasteiger partial charge on any atom is -1.00 e. The van der Waals surface area contributed by atoms with Crippen LogP contribution in [0.3, 0.4) is 0 Å². The molecule has 2 aromatic rings. The average Bonchev–Trinajstić information content (AvgIpc) is 2.40. The first kappa shape index (κ1) is 15.5. The van der Waals surface area contributed by atoms with Crippen LogP contribution in [0.1, 0.15) is 16.7 Å². The van der Waals surface area contributed by atoms with E-state index >= 15 is 0 Å². The number of nitrogens with one attached hydrogen (secondary N) is 1. The maximum Gasteiger partial charge on any atom is 0.119 e. The number of aryl methyl sites for hydroxylation is 1. The second-order valence-electron chi connectivity index (χ2n) is 4.45. The lowest BCUT2D eigenvalue weighted by Crippen LogP contribution is -3.00. The molecule has 0 aliphatic carbocycles. The van der Waals surface area contributed by atoms with E-state index < -0.39 is 0 Å². The van der Waals surface area contributed by atoms with E-state index in [0.29, 0.717) is 6.61 Å². The number of hydrogen-bond acceptors (Lipinski definition) is 2. The van der Waals surface area contributed by atoms with E-state index in [0.717, 1.165) is 12.3 Å². The van der Waals surface area contributed by atoms with Crippen molar-refractivity contribution in [3.63, 3.8) is 0 Å². The van der Waals surface area contributed by atoms with Gasteiger partial charge in [0.15, 0.2) is 0 Å². The Bertz CT molecular complexity index is 479. The highest BCUT2D eigenvalue weighted by atomic mass is 35.5. The summed E-state index contributed by atoms with van der Waals surface area (Å²) in [6.45, 7) is 3.59. The van der Waals surface area contributed by atoms with E-state index in [2.05, 4.69) is 48.6 Å². The molecule has 0 amide bonds. The summed E-state index contributed by atoms with van der Waals surface area (Å²) in [6.07, 6.45) is 0. The monoisotopic (exact) mass is 276 g/mol. The van der Waals surface area contributed by atoms with Crippen LogP contribution in [0.25, 0.3) is 0 Å². The maximum atomic E-state index is 5.74. The predicted octanol–water partition coefficient (Wildman–Crippen LogP) is 0.297. The molecule has 0 unspecified atom stereocenters. The fourth-order valence-corrected chi connectivity index (χ4v) is 1.76. The van der Waals surface area contributed by atoms with Crippen molar-refractivity contribution in [3.8, 4) is 5.75 Å². The Hall–Kier alpha value is -1.51. The summed E-state index contributed by atoms with van der Waals surface area (Å²) in [5.41, 5.74) is 3.73. The largest absolute Gasteiger partial charge is 1.00 e. The van der Waals surface area contributed by atoms with Crippen LogP contribution in [0.15, 0.2) is 48.5 Å². The van der Waals surface area contributed by atoms with E-state index in [1.165, 1.54) is 16.7 Å². The quantitative estimate of drug-likeness (QED) is 0.848. The van der Waals surface area contributed by atoms with Gasteiger partial charge in [-0.15, -0.1) is 0 Å². The van der Waals surface area contributed by atoms with Crippen molar-refractivity contribution < 1.29 is 17.1 Å². The van der Waals surface area contributed by atoms with Crippen molar-refractivity contribution in [2.75, 3.05) is 7.05 Å². The Morgan fingerprint density at radius 2 is 1.47 bits per heavy atom. The molecule has 19 heavy (non-hydrogen) atoms. The van der Waals surface area contributed by atoms with Crippen LogP contribution in [0.4, 0.5) is 0 Å². The van der Waals surface area contributed by atoms with Gasteiger partial charge < -0.3 is 22.5 Å². The molecule has 0 aliphatic heterocycles. The molecule has 2 nitrogen and oxygen atoms in total. The number of rotatable bonds is 5. The number of benzene rings is 2. The highest BCUT2D eigenvalue weighted by Gasteiger charge is 1.97. The Kier molecular flexibility index (Phi) is 6.40. The molecular formula is C16H19ClNO-. The molecule has 2 rings (SSSR count). The van der Waals surface area contributed by atoms with Gasteiger partial charge in [0.1, 0.15) is 12.4 Å². The summed E-state index contributed by atoms with van der Waals surface area (Å²) in [6, 6.07) is 16.6. The maximum absolute atomic E-state index is 5.74. The standard InChI is InChI=1S/C16H19NO.ClH/c1-13-3-5-15(6-4-13)12-18-16-9-7-14(8-10-16)11-17-2;/h3-10,17H,11-12H2,1-2H3;1H/p-1. The van der Waals surface area contributed by atoms with E-state index in [9.17, 15) is 0 Å². The van der Waals surface area contributed by atoms with Crippen LogP contribution < -0.4 is 22.5 Å². The van der Waals surface area contributed by atoms with E-state index in [1.54, 1.807) is 0 Å². The zero-order valence-electron chi connectivity index (χ0n) is 11.3.